The maximum absolute atomic E-state index is 12.3. The van der Waals surface area contributed by atoms with E-state index in [-0.39, 0.29) is 30.4 Å². The van der Waals surface area contributed by atoms with Gasteiger partial charge in [-0.15, -0.1) is 11.3 Å². The second-order valence-corrected chi connectivity index (χ2v) is 7.58. The van der Waals surface area contributed by atoms with E-state index in [4.69, 9.17) is 9.47 Å². The first-order valence-corrected chi connectivity index (χ1v) is 9.99. The van der Waals surface area contributed by atoms with Crippen LogP contribution in [0.4, 0.5) is 0 Å². The standard InChI is InChI=1S/C20H24N2O4S/c1-4-15-5-7-16(8-6-15)19-21-17(12-27-19)20(24)25-11-18(23)22-9-13(2)26-14(3)10-22/h5-8,12-14H,4,9-11H2,1-3H3/t13-,14+. The second-order valence-electron chi connectivity index (χ2n) is 6.72. The maximum atomic E-state index is 12.3. The minimum atomic E-state index is -0.578. The Kier molecular flexibility index (Phi) is 6.23. The highest BCUT2D eigenvalue weighted by molar-refractivity contribution is 7.13. The van der Waals surface area contributed by atoms with Gasteiger partial charge < -0.3 is 14.4 Å². The molecule has 6 nitrogen and oxygen atoms in total. The van der Waals surface area contributed by atoms with E-state index in [1.807, 2.05) is 26.0 Å². The molecule has 2 atom stereocenters. The molecule has 0 bridgehead atoms. The summed E-state index contributed by atoms with van der Waals surface area (Å²) in [5.41, 5.74) is 2.44. The van der Waals surface area contributed by atoms with E-state index in [1.54, 1.807) is 10.3 Å². The van der Waals surface area contributed by atoms with Gasteiger partial charge in [-0.3, -0.25) is 4.79 Å². The summed E-state index contributed by atoms with van der Waals surface area (Å²) >= 11 is 1.38. The molecule has 7 heteroatoms. The molecule has 1 aliphatic heterocycles. The SMILES string of the molecule is CCc1ccc(-c2nc(C(=O)OCC(=O)N3C[C@@H](C)O[C@@H](C)C3)cs2)cc1. The van der Waals surface area contributed by atoms with E-state index in [0.29, 0.717) is 13.1 Å². The monoisotopic (exact) mass is 388 g/mol. The third kappa shape index (κ3) is 4.93. The molecule has 2 heterocycles. The highest BCUT2D eigenvalue weighted by Gasteiger charge is 2.26. The van der Waals surface area contributed by atoms with Crippen LogP contribution in [-0.4, -0.2) is 53.7 Å². The topological polar surface area (TPSA) is 68.7 Å². The Bertz CT molecular complexity index is 793. The number of rotatable bonds is 5. The van der Waals surface area contributed by atoms with Crippen LogP contribution in [0.2, 0.25) is 0 Å². The Morgan fingerprint density at radius 2 is 1.89 bits per heavy atom. The Hall–Kier alpha value is -2.25. The van der Waals surface area contributed by atoms with Crippen molar-refractivity contribution in [2.24, 2.45) is 0 Å². The van der Waals surface area contributed by atoms with Crippen molar-refractivity contribution in [2.45, 2.75) is 39.4 Å². The fraction of sp³-hybridized carbons (Fsp3) is 0.450. The van der Waals surface area contributed by atoms with Crippen molar-refractivity contribution >= 4 is 23.2 Å². The first-order chi connectivity index (χ1) is 13.0. The van der Waals surface area contributed by atoms with Crippen molar-refractivity contribution in [3.8, 4) is 10.6 Å². The predicted octanol–water partition coefficient (Wildman–Crippen LogP) is 3.17. The summed E-state index contributed by atoms with van der Waals surface area (Å²) in [6, 6.07) is 8.10. The van der Waals surface area contributed by atoms with Gasteiger partial charge in [0.15, 0.2) is 12.3 Å². The van der Waals surface area contributed by atoms with Crippen LogP contribution >= 0.6 is 11.3 Å². The number of nitrogens with zero attached hydrogens (tertiary/aromatic N) is 2. The van der Waals surface area contributed by atoms with E-state index in [1.165, 1.54) is 16.9 Å². The predicted molar refractivity (Wildman–Crippen MR) is 104 cm³/mol. The minimum Gasteiger partial charge on any atom is -0.451 e. The number of morpholine rings is 1. The molecule has 0 aliphatic carbocycles. The van der Waals surface area contributed by atoms with E-state index in [2.05, 4.69) is 24.0 Å². The lowest BCUT2D eigenvalue weighted by Gasteiger charge is -2.35. The van der Waals surface area contributed by atoms with Gasteiger partial charge >= 0.3 is 5.97 Å². The Labute approximate surface area is 163 Å². The van der Waals surface area contributed by atoms with Crippen LogP contribution < -0.4 is 0 Å². The number of hydrogen-bond acceptors (Lipinski definition) is 6. The number of esters is 1. The van der Waals surface area contributed by atoms with Gasteiger partial charge in [-0.1, -0.05) is 31.2 Å². The quantitative estimate of drug-likeness (QED) is 0.736. The highest BCUT2D eigenvalue weighted by atomic mass is 32.1. The molecular weight excluding hydrogens is 364 g/mol. The molecule has 0 spiro atoms. The summed E-state index contributed by atoms with van der Waals surface area (Å²) in [6.07, 6.45) is 0.937. The molecule has 2 aromatic rings. The van der Waals surface area contributed by atoms with Crippen LogP contribution in [0.15, 0.2) is 29.6 Å². The number of benzene rings is 1. The van der Waals surface area contributed by atoms with Gasteiger partial charge in [-0.2, -0.15) is 0 Å². The first kappa shape index (κ1) is 19.5. The van der Waals surface area contributed by atoms with Crippen molar-refractivity contribution in [1.29, 1.82) is 0 Å². The lowest BCUT2D eigenvalue weighted by Crippen LogP contribution is -2.49. The lowest BCUT2D eigenvalue weighted by atomic mass is 10.1. The van der Waals surface area contributed by atoms with Gasteiger partial charge in [0.25, 0.3) is 5.91 Å². The fourth-order valence-corrected chi connectivity index (χ4v) is 3.85. The van der Waals surface area contributed by atoms with Gasteiger partial charge in [-0.05, 0) is 25.8 Å². The molecule has 0 N–H and O–H groups in total. The van der Waals surface area contributed by atoms with Gasteiger partial charge in [0.2, 0.25) is 0 Å². The zero-order chi connectivity index (χ0) is 19.4. The van der Waals surface area contributed by atoms with Crippen molar-refractivity contribution in [3.05, 3.63) is 40.9 Å². The molecule has 144 valence electrons. The van der Waals surface area contributed by atoms with Crippen LogP contribution in [0.5, 0.6) is 0 Å². The molecule has 1 amide bonds. The van der Waals surface area contributed by atoms with Crippen LogP contribution in [-0.2, 0) is 20.7 Å². The molecule has 3 rings (SSSR count). The van der Waals surface area contributed by atoms with E-state index in [9.17, 15) is 9.59 Å². The number of thiazole rings is 1. The second kappa shape index (κ2) is 8.63. The molecule has 0 unspecified atom stereocenters. The molecule has 1 aromatic heterocycles. The number of aromatic nitrogens is 1. The van der Waals surface area contributed by atoms with Crippen molar-refractivity contribution in [2.75, 3.05) is 19.7 Å². The van der Waals surface area contributed by atoms with Crippen LogP contribution in [0, 0.1) is 0 Å². The van der Waals surface area contributed by atoms with Gasteiger partial charge in [0, 0.05) is 24.0 Å². The van der Waals surface area contributed by atoms with Crippen LogP contribution in [0.3, 0.4) is 0 Å². The third-order valence-electron chi connectivity index (χ3n) is 4.42. The zero-order valence-corrected chi connectivity index (χ0v) is 16.6. The fourth-order valence-electron chi connectivity index (χ4n) is 3.06. The summed E-state index contributed by atoms with van der Waals surface area (Å²) in [6.45, 7) is 6.69. The molecule has 1 saturated heterocycles. The smallest absolute Gasteiger partial charge is 0.358 e. The third-order valence-corrected chi connectivity index (χ3v) is 5.31. The number of carbonyl (C=O) groups is 2. The van der Waals surface area contributed by atoms with E-state index >= 15 is 0 Å². The number of amides is 1. The van der Waals surface area contributed by atoms with Gasteiger partial charge in [0.05, 0.1) is 12.2 Å². The molecule has 1 aromatic carbocycles. The van der Waals surface area contributed by atoms with Crippen LogP contribution in [0.25, 0.3) is 10.6 Å². The van der Waals surface area contributed by atoms with Gasteiger partial charge in [0.1, 0.15) is 5.01 Å². The first-order valence-electron chi connectivity index (χ1n) is 9.11. The van der Waals surface area contributed by atoms with Gasteiger partial charge in [-0.25, -0.2) is 9.78 Å². The summed E-state index contributed by atoms with van der Waals surface area (Å²) < 4.78 is 10.8. The Morgan fingerprint density at radius 3 is 2.52 bits per heavy atom. The Morgan fingerprint density at radius 1 is 1.22 bits per heavy atom. The molecular formula is C20H24N2O4S. The summed E-state index contributed by atoms with van der Waals surface area (Å²) in [5.74, 6) is -0.790. The number of hydrogen-bond donors (Lipinski definition) is 0. The zero-order valence-electron chi connectivity index (χ0n) is 15.8. The van der Waals surface area contributed by atoms with E-state index in [0.717, 1.165) is 17.0 Å². The molecule has 0 radical (unpaired) electrons. The Balaban J connectivity index is 1.57. The number of aryl methyl sites for hydroxylation is 1. The number of ether oxygens (including phenoxy) is 2. The molecule has 1 fully saturated rings. The summed E-state index contributed by atoms with van der Waals surface area (Å²) in [4.78, 5) is 30.5. The lowest BCUT2D eigenvalue weighted by molar-refractivity contribution is -0.146. The molecule has 1 aliphatic rings. The van der Waals surface area contributed by atoms with Crippen molar-refractivity contribution in [1.82, 2.24) is 9.88 Å². The number of carbonyl (C=O) groups excluding carboxylic acids is 2. The highest BCUT2D eigenvalue weighted by Crippen LogP contribution is 2.24. The minimum absolute atomic E-state index is 0.0198. The largest absolute Gasteiger partial charge is 0.451 e. The van der Waals surface area contributed by atoms with Crippen molar-refractivity contribution < 1.29 is 19.1 Å². The van der Waals surface area contributed by atoms with E-state index < -0.39 is 5.97 Å². The average molecular weight is 388 g/mol. The maximum Gasteiger partial charge on any atom is 0.358 e. The molecule has 0 saturated carbocycles. The average Bonchev–Trinajstić information content (AvgIpc) is 3.15. The van der Waals surface area contributed by atoms with Crippen LogP contribution in [0.1, 0.15) is 36.8 Å². The summed E-state index contributed by atoms with van der Waals surface area (Å²) in [5, 5.41) is 2.42. The normalized spacial score (nSPS) is 19.7. The molecule has 27 heavy (non-hydrogen) atoms. The van der Waals surface area contributed by atoms with Crippen molar-refractivity contribution in [3.63, 3.8) is 0 Å². The summed E-state index contributed by atoms with van der Waals surface area (Å²) in [7, 11) is 0.